The maximum Gasteiger partial charge on any atom is 0.243 e. The Kier molecular flexibility index (Phi) is 43.1. The highest BCUT2D eigenvalue weighted by atomic mass is 127. The Bertz CT molecular complexity index is 8900. The zero-order chi connectivity index (χ0) is 95.1. The van der Waals surface area contributed by atoms with Crippen molar-refractivity contribution in [2.75, 3.05) is 4.90 Å². The van der Waals surface area contributed by atoms with Crippen LogP contribution >= 0.6 is 35.6 Å². The van der Waals surface area contributed by atoms with E-state index in [1.807, 2.05) is 27.1 Å². The molecule has 0 spiro atoms. The monoisotopic (exact) mass is 2020 g/mol. The summed E-state index contributed by atoms with van der Waals surface area (Å²) < 4.78 is 4.04. The SMILES string of the molecule is C#CC#CC#CC#CC#CC#CC#CC#CC#CC#CC#CN1/C(=C/C=C2\CCCC(/C=C/C3=[N+](C#CC#CC#CC#CC#CC#CC#CC#CC#CC#CC#C)c4ccc5ccccc5c4C3(C)C)=C2Cl)C(C)(C)c2c1ccc1ccccc21.C#CC#CC#CC#CC#CC#CC#CC#CC#CC#CC#C[N+]1=C(C)C(C)(C)c2c1ccc1ccccc21.C=CC1=C(Cl)/C(=C/C)CCC1.Cl.[HH].[HH].[HH].[HH].[HH].[HH].[HH].[HH].[HH].[HH].[HH].[HH].[HH].[HH].[HH].[HH].[HH].[HH].[HH].[HH].[HH].[HH].[HH].[HH].[HH].[HH].[HH].[HH].[HH].[HH].[HH].[HH].[HH].[HH].[HH].[HH].[HH].[HH].[HH].[HH].[HH].[HH].[HH].[HH].[HH].[HH].[HH].[HH].[HH].[HH].[HH].[HH].[HH].[HH].[HH].[HH].[HH].[HH].[HH].[HH].[HH].[HH].[HH].[HH].[HH].[HH].[I-]. The van der Waals surface area contributed by atoms with E-state index in [0.29, 0.717) is 0 Å². The van der Waals surface area contributed by atoms with E-state index in [9.17, 15) is 0 Å². The molecular weight excluding hydrogens is 1820 g/mol. The van der Waals surface area contributed by atoms with Crippen LogP contribution in [0.15, 0.2) is 190 Å². The third kappa shape index (κ3) is 30.3. The predicted octanol–water partition coefficient (Wildman–Crippen LogP) is 31.8. The second-order valence-electron chi connectivity index (χ2n) is 28.8. The number of rotatable bonds is 4. The van der Waals surface area contributed by atoms with Gasteiger partial charge in [-0.2, -0.15) is 0 Å². The Morgan fingerprint density at radius 1 is 0.346 bits per heavy atom. The van der Waals surface area contributed by atoms with E-state index in [4.69, 9.17) is 42.5 Å². The van der Waals surface area contributed by atoms with Crippen LogP contribution in [0, 0.1) is 393 Å². The molecule has 0 atom stereocenters. The summed E-state index contributed by atoms with van der Waals surface area (Å²) in [6, 6.07) is 47.8. The first-order valence-electron chi connectivity index (χ1n) is 40.8. The number of hydrogen-bond acceptors (Lipinski definition) is 1. The van der Waals surface area contributed by atoms with Gasteiger partial charge in [0.1, 0.15) is 0 Å². The quantitative estimate of drug-likeness (QED) is 0.0971. The molecule has 0 saturated heterocycles. The van der Waals surface area contributed by atoms with Crippen LogP contribution in [-0.2, 0) is 16.2 Å². The number of benzene rings is 6. The number of nitrogens with zero attached hydrogens (tertiary/aromatic N) is 3. The molecule has 0 fully saturated rings. The minimum Gasteiger partial charge on any atom is -1.00 e. The molecule has 756 valence electrons. The molecule has 136 heavy (non-hydrogen) atoms. The minimum atomic E-state index is -0.436. The average molecular weight is 2020 g/mol. The molecule has 3 aliphatic heterocycles. The lowest BCUT2D eigenvalue weighted by Crippen LogP contribution is -3.00. The van der Waals surface area contributed by atoms with E-state index in [-0.39, 0.29) is 136 Å². The molecule has 0 aromatic heterocycles. The summed E-state index contributed by atoms with van der Waals surface area (Å²) in [5, 5.41) is 8.72. The molecule has 0 unspecified atom stereocenters. The number of halogens is 4. The van der Waals surface area contributed by atoms with Gasteiger partial charge in [-0.15, -0.1) is 40.8 Å². The summed E-state index contributed by atoms with van der Waals surface area (Å²) in [6.45, 7) is 21.2. The van der Waals surface area contributed by atoms with Gasteiger partial charge in [-0.05, 0) is 300 Å². The van der Waals surface area contributed by atoms with Crippen molar-refractivity contribution < 1.29 is 127 Å². The summed E-state index contributed by atoms with van der Waals surface area (Å²) in [5.41, 5.74) is 13.4. The van der Waals surface area contributed by atoms with E-state index >= 15 is 0 Å². The fraction of sp³-hybridized carbons (Fsp3) is 0.132. The molecule has 5 aliphatic rings. The van der Waals surface area contributed by atoms with Crippen LogP contribution in [0.4, 0.5) is 17.1 Å². The van der Waals surface area contributed by atoms with Crippen molar-refractivity contribution in [3.8, 4) is 393 Å². The van der Waals surface area contributed by atoms with E-state index in [0.717, 1.165) is 109 Å². The largest absolute Gasteiger partial charge is 1.00 e. The van der Waals surface area contributed by atoms with Gasteiger partial charge in [-0.3, -0.25) is 4.90 Å². The van der Waals surface area contributed by atoms with Crippen LogP contribution in [0.3, 0.4) is 0 Å². The third-order valence-electron chi connectivity index (χ3n) is 19.8. The highest BCUT2D eigenvalue weighted by Crippen LogP contribution is 2.51. The van der Waals surface area contributed by atoms with Gasteiger partial charge in [0, 0.05) is 359 Å². The maximum atomic E-state index is 7.41. The summed E-state index contributed by atoms with van der Waals surface area (Å²) in [4.78, 5) is 2.02. The second kappa shape index (κ2) is 56.6. The van der Waals surface area contributed by atoms with Crippen LogP contribution in [0.25, 0.3) is 32.3 Å². The van der Waals surface area contributed by atoms with E-state index in [1.165, 1.54) is 45.0 Å². The Morgan fingerprint density at radius 3 is 1.03 bits per heavy atom. The molecule has 0 radical (unpaired) electrons. The van der Waals surface area contributed by atoms with Crippen molar-refractivity contribution in [3.63, 3.8) is 0 Å². The smallest absolute Gasteiger partial charge is 0.243 e. The number of fused-ring (bicyclic) bond motifs is 9. The molecule has 3 nitrogen and oxygen atoms in total. The molecular formula is C129H198Cl3IN3+. The van der Waals surface area contributed by atoms with Crippen molar-refractivity contribution in [1.29, 1.82) is 0 Å². The van der Waals surface area contributed by atoms with Gasteiger partial charge in [0.05, 0.1) is 28.4 Å². The van der Waals surface area contributed by atoms with Crippen LogP contribution in [-0.4, -0.2) is 20.6 Å². The van der Waals surface area contributed by atoms with Gasteiger partial charge in [0.15, 0.2) is 5.71 Å². The van der Waals surface area contributed by atoms with Crippen molar-refractivity contribution in [2.45, 2.75) is 110 Å². The Balaban J connectivity index is -0.0000000264. The summed E-state index contributed by atoms with van der Waals surface area (Å²) in [7, 11) is 0. The Hall–Kier alpha value is -19.5. The first-order valence-corrected chi connectivity index (χ1v) is 41.5. The number of allylic oxidation sites excluding steroid dienone is 13. The zero-order valence-electron chi connectivity index (χ0n) is 74.9. The number of hydrogen-bond donors (Lipinski definition) is 0. The molecule has 0 bridgehead atoms. The first kappa shape index (κ1) is 104. The molecule has 2 aliphatic carbocycles. The Morgan fingerprint density at radius 2 is 0.654 bits per heavy atom. The summed E-state index contributed by atoms with van der Waals surface area (Å²) in [6.07, 6.45) is 33.5. The van der Waals surface area contributed by atoms with E-state index in [2.05, 4.69) is 568 Å². The molecule has 3 heterocycles. The minimum absolute atomic E-state index is 0. The van der Waals surface area contributed by atoms with E-state index in [1.54, 1.807) is 0 Å². The summed E-state index contributed by atoms with van der Waals surface area (Å²) in [5.74, 6) is 154. The van der Waals surface area contributed by atoms with Gasteiger partial charge >= 0.3 is 0 Å². The highest BCUT2D eigenvalue weighted by molar-refractivity contribution is 6.33. The van der Waals surface area contributed by atoms with Gasteiger partial charge in [-0.1, -0.05) is 147 Å². The van der Waals surface area contributed by atoms with Crippen molar-refractivity contribution >= 4 is 96.4 Å². The number of anilines is 1. The van der Waals surface area contributed by atoms with Gasteiger partial charge < -0.3 is 24.0 Å². The van der Waals surface area contributed by atoms with Crippen LogP contribution in [0.2, 0.25) is 0 Å². The molecule has 6 aromatic rings. The molecule has 6 aromatic carbocycles. The Labute approximate surface area is 935 Å². The average Bonchev–Trinajstić information content (AvgIpc) is 1.58. The third-order valence-corrected chi connectivity index (χ3v) is 20.8. The number of terminal acetylenes is 3. The zero-order valence-corrected chi connectivity index (χ0v) is 79.4. The molecule has 0 N–H and O–H groups in total. The topological polar surface area (TPSA) is 9.26 Å². The normalized spacial score (nSPS) is 12.6. The van der Waals surface area contributed by atoms with Crippen molar-refractivity contribution in [1.82, 2.24) is 0 Å². The predicted molar refractivity (Wildman–Crippen MR) is 698 cm³/mol. The molecule has 0 amide bonds. The summed E-state index contributed by atoms with van der Waals surface area (Å²) >= 11 is 13.5. The van der Waals surface area contributed by atoms with E-state index < -0.39 is 10.8 Å². The fourth-order valence-electron chi connectivity index (χ4n) is 13.9. The van der Waals surface area contributed by atoms with Gasteiger partial charge in [0.25, 0.3) is 0 Å². The van der Waals surface area contributed by atoms with Crippen molar-refractivity contribution in [3.05, 3.63) is 207 Å². The van der Waals surface area contributed by atoms with Gasteiger partial charge in [-0.25, -0.2) is 0 Å². The van der Waals surface area contributed by atoms with Gasteiger partial charge in [0.2, 0.25) is 29.2 Å². The maximum absolute atomic E-state index is 7.41. The lowest BCUT2D eigenvalue weighted by molar-refractivity contribution is -0.334. The lowest BCUT2D eigenvalue weighted by Gasteiger charge is -2.24. The van der Waals surface area contributed by atoms with Crippen molar-refractivity contribution in [2.24, 2.45) is 0 Å². The van der Waals surface area contributed by atoms with Crippen LogP contribution in [0.5, 0.6) is 0 Å². The van der Waals surface area contributed by atoms with Crippen LogP contribution < -0.4 is 28.9 Å². The fourth-order valence-corrected chi connectivity index (χ4v) is 14.5. The lowest BCUT2D eigenvalue weighted by atomic mass is 9.78. The second-order valence-corrected chi connectivity index (χ2v) is 29.5. The molecule has 11 rings (SSSR count). The standard InChI is InChI=1S/C82H36ClN2.C37H16N.C10H13Cl.ClH.HI.66H2/c1-7-9-11-13-15-17-19-21-23-25-27-29-31-33-35-37-39-41-43-49-66-84-74-62-58-68-52-45-47-56-72(68)78(74)81(3,4)76(84)64-60-70-54-51-55-71(80(70)83)61-65-77-82(5,6)79-73-57-48-46-53-69(73)59-63-75(79)85(77)67-50-44-42-40-38-36-34-32-30-28-26-24-22-20-18-16-14-12-10-8-2;1-5-6-7-8-9-10-11-12-13-14-15-16-17-18-19-20-21-22-23-26-31-38-32(2)37(3,4)36-34-28-25-24-27-33(34)29-30-35(36)38;1-3-8-6-5-7-9(4-2)10(8)11;;;;;;;;;;;;;;;;;;;;;;;;;;;;;;;;;;;;;;;;;;;;;;;;;;;;;;;;;;;;;;;;;;;;/h1-2,45-48,52-53,56-65H,51,54-55H2,3-6H3;1,24-25,27-30H,2-4H3;3-4H,1,5-7H2,2H3;68*1H/q2*+1;;;;;;;;;;;;;;;;;;;;;;;;;;;;;;;;;;;;;;;;;;;;;;;;;;;;;;;;;;;;;;;;;;;;;/p-1/b;;9-4+;;;;;;;;;;;;;;;;;;;;;;;;;;;;;;;;;;;;;;;;;;;;;;;;;;;;;;;;;;;;;;;;;;;;. The molecule has 7 heteroatoms. The van der Waals surface area contributed by atoms with Crippen LogP contribution in [0.1, 0.15) is 205 Å². The highest BCUT2D eigenvalue weighted by Gasteiger charge is 2.47. The molecule has 0 saturated carbocycles. The first-order chi connectivity index (χ1) is 65.5.